The predicted molar refractivity (Wildman–Crippen MR) is 67.7 cm³/mol. The lowest BCUT2D eigenvalue weighted by Gasteiger charge is -2.04. The van der Waals surface area contributed by atoms with Gasteiger partial charge in [0.25, 0.3) is 0 Å². The van der Waals surface area contributed by atoms with Crippen molar-refractivity contribution in [1.29, 1.82) is 0 Å². The second-order valence-electron chi connectivity index (χ2n) is 3.70. The van der Waals surface area contributed by atoms with Gasteiger partial charge < -0.3 is 5.21 Å². The van der Waals surface area contributed by atoms with Crippen molar-refractivity contribution in [3.05, 3.63) is 64.7 Å². The third-order valence-corrected chi connectivity index (χ3v) is 2.66. The van der Waals surface area contributed by atoms with Gasteiger partial charge in [0.1, 0.15) is 5.82 Å². The maximum atomic E-state index is 12.8. The van der Waals surface area contributed by atoms with Crippen molar-refractivity contribution >= 4 is 17.3 Å². The maximum Gasteiger partial charge on any atom is 0.123 e. The van der Waals surface area contributed by atoms with Gasteiger partial charge in [-0.05, 0) is 29.8 Å². The molecule has 0 aliphatic carbocycles. The van der Waals surface area contributed by atoms with Crippen LogP contribution in [-0.2, 0) is 6.42 Å². The van der Waals surface area contributed by atoms with E-state index in [1.54, 1.807) is 24.3 Å². The molecule has 0 bridgehead atoms. The number of pyridine rings is 1. The molecule has 0 unspecified atom stereocenters. The molecule has 18 heavy (non-hydrogen) atoms. The first-order valence-corrected chi connectivity index (χ1v) is 5.64. The molecule has 5 heteroatoms. The molecule has 0 atom stereocenters. The highest BCUT2D eigenvalue weighted by Gasteiger charge is 2.07. The van der Waals surface area contributed by atoms with Crippen LogP contribution in [0.4, 0.5) is 4.39 Å². The lowest BCUT2D eigenvalue weighted by molar-refractivity contribution is 0.318. The van der Waals surface area contributed by atoms with E-state index in [2.05, 4.69) is 10.1 Å². The van der Waals surface area contributed by atoms with Crippen LogP contribution in [0, 0.1) is 5.82 Å². The monoisotopic (exact) mass is 264 g/mol. The minimum absolute atomic E-state index is 0.333. The Balaban J connectivity index is 2.20. The summed E-state index contributed by atoms with van der Waals surface area (Å²) >= 11 is 5.73. The van der Waals surface area contributed by atoms with Crippen LogP contribution in [0.25, 0.3) is 0 Å². The van der Waals surface area contributed by atoms with Gasteiger partial charge in [0.05, 0.1) is 10.7 Å². The second kappa shape index (κ2) is 5.60. The Bertz CT molecular complexity index is 552. The van der Waals surface area contributed by atoms with E-state index in [4.69, 9.17) is 16.8 Å². The van der Waals surface area contributed by atoms with Crippen LogP contribution in [-0.4, -0.2) is 15.9 Å². The molecular weight excluding hydrogens is 255 g/mol. The fourth-order valence-electron chi connectivity index (χ4n) is 1.52. The molecule has 0 radical (unpaired) electrons. The molecule has 0 aliphatic heterocycles. The largest absolute Gasteiger partial charge is 0.411 e. The molecule has 1 heterocycles. The van der Waals surface area contributed by atoms with E-state index in [-0.39, 0.29) is 5.82 Å². The van der Waals surface area contributed by atoms with Crippen molar-refractivity contribution in [2.45, 2.75) is 6.42 Å². The number of nitrogens with zero attached hydrogens (tertiary/aromatic N) is 2. The third kappa shape index (κ3) is 3.05. The van der Waals surface area contributed by atoms with E-state index < -0.39 is 0 Å². The van der Waals surface area contributed by atoms with Crippen molar-refractivity contribution in [2.75, 3.05) is 0 Å². The zero-order valence-electron chi connectivity index (χ0n) is 9.35. The Labute approximate surface area is 109 Å². The summed E-state index contributed by atoms with van der Waals surface area (Å²) in [7, 11) is 0. The van der Waals surface area contributed by atoms with Crippen LogP contribution in [0.5, 0.6) is 0 Å². The minimum Gasteiger partial charge on any atom is -0.411 e. The average molecular weight is 265 g/mol. The molecule has 0 aliphatic rings. The molecule has 1 aromatic carbocycles. The third-order valence-electron chi connectivity index (χ3n) is 2.44. The number of hydrogen-bond acceptors (Lipinski definition) is 3. The number of oxime groups is 1. The first kappa shape index (κ1) is 12.5. The van der Waals surface area contributed by atoms with Crippen molar-refractivity contribution in [3.63, 3.8) is 0 Å². The van der Waals surface area contributed by atoms with E-state index in [0.717, 1.165) is 5.69 Å². The smallest absolute Gasteiger partial charge is 0.123 e. The summed E-state index contributed by atoms with van der Waals surface area (Å²) in [5, 5.41) is 12.8. The number of rotatable bonds is 3. The Kier molecular flexibility index (Phi) is 3.89. The van der Waals surface area contributed by atoms with Crippen molar-refractivity contribution in [1.82, 2.24) is 4.98 Å². The molecule has 1 N–H and O–H groups in total. The van der Waals surface area contributed by atoms with E-state index in [9.17, 15) is 4.39 Å². The van der Waals surface area contributed by atoms with E-state index >= 15 is 0 Å². The summed E-state index contributed by atoms with van der Waals surface area (Å²) in [6, 6.07) is 9.20. The molecule has 0 amide bonds. The van der Waals surface area contributed by atoms with Gasteiger partial charge in [-0.25, -0.2) is 4.39 Å². The van der Waals surface area contributed by atoms with Crippen molar-refractivity contribution in [3.8, 4) is 0 Å². The van der Waals surface area contributed by atoms with Crippen LogP contribution in [0.2, 0.25) is 5.02 Å². The van der Waals surface area contributed by atoms with Crippen molar-refractivity contribution < 1.29 is 9.60 Å². The van der Waals surface area contributed by atoms with Crippen LogP contribution >= 0.6 is 11.6 Å². The molecular formula is C13H10ClFN2O. The Morgan fingerprint density at radius 1 is 1.22 bits per heavy atom. The summed E-state index contributed by atoms with van der Waals surface area (Å²) < 4.78 is 12.8. The molecule has 0 spiro atoms. The summed E-state index contributed by atoms with van der Waals surface area (Å²) in [5.74, 6) is -0.333. The SMILES string of the molecule is ON=C(Cc1ccc(Cl)cn1)c1ccc(F)cc1. The van der Waals surface area contributed by atoms with Crippen LogP contribution < -0.4 is 0 Å². The van der Waals surface area contributed by atoms with E-state index in [1.165, 1.54) is 18.3 Å². The summed E-state index contributed by atoms with van der Waals surface area (Å²) in [5.41, 5.74) is 1.79. The second-order valence-corrected chi connectivity index (χ2v) is 4.13. The fraction of sp³-hybridized carbons (Fsp3) is 0.0769. The van der Waals surface area contributed by atoms with Gasteiger partial charge in [-0.3, -0.25) is 4.98 Å². The Morgan fingerprint density at radius 2 is 1.94 bits per heavy atom. The topological polar surface area (TPSA) is 45.5 Å². The lowest BCUT2D eigenvalue weighted by Crippen LogP contribution is -2.06. The number of aromatic nitrogens is 1. The molecule has 3 nitrogen and oxygen atoms in total. The highest BCUT2D eigenvalue weighted by molar-refractivity contribution is 6.30. The van der Waals surface area contributed by atoms with Gasteiger partial charge in [0.2, 0.25) is 0 Å². The van der Waals surface area contributed by atoms with E-state index in [1.807, 2.05) is 0 Å². The van der Waals surface area contributed by atoms with Crippen LogP contribution in [0.3, 0.4) is 0 Å². The molecule has 92 valence electrons. The molecule has 0 saturated carbocycles. The van der Waals surface area contributed by atoms with Gasteiger partial charge >= 0.3 is 0 Å². The normalized spacial score (nSPS) is 11.6. The number of benzene rings is 1. The Morgan fingerprint density at radius 3 is 2.50 bits per heavy atom. The predicted octanol–water partition coefficient (Wildman–Crippen LogP) is 3.30. The van der Waals surface area contributed by atoms with Gasteiger partial charge in [0, 0.05) is 18.3 Å². The first-order chi connectivity index (χ1) is 8.69. The van der Waals surface area contributed by atoms with Crippen LogP contribution in [0.1, 0.15) is 11.3 Å². The highest BCUT2D eigenvalue weighted by atomic mass is 35.5. The minimum atomic E-state index is -0.333. The average Bonchev–Trinajstić information content (AvgIpc) is 2.39. The summed E-state index contributed by atoms with van der Waals surface area (Å²) in [6.07, 6.45) is 1.87. The summed E-state index contributed by atoms with van der Waals surface area (Å²) in [6.45, 7) is 0. The molecule has 2 aromatic rings. The lowest BCUT2D eigenvalue weighted by atomic mass is 10.1. The first-order valence-electron chi connectivity index (χ1n) is 5.26. The number of hydrogen-bond donors (Lipinski definition) is 1. The molecule has 0 saturated heterocycles. The fourth-order valence-corrected chi connectivity index (χ4v) is 1.63. The zero-order chi connectivity index (χ0) is 13.0. The van der Waals surface area contributed by atoms with E-state index in [0.29, 0.717) is 22.7 Å². The molecule has 0 fully saturated rings. The van der Waals surface area contributed by atoms with Crippen LogP contribution in [0.15, 0.2) is 47.8 Å². The van der Waals surface area contributed by atoms with Gasteiger partial charge in [-0.2, -0.15) is 0 Å². The number of halogens is 2. The zero-order valence-corrected chi connectivity index (χ0v) is 10.1. The van der Waals surface area contributed by atoms with Gasteiger partial charge in [-0.1, -0.05) is 28.9 Å². The standard InChI is InChI=1S/C13H10ClFN2O/c14-10-3-6-12(16-8-10)7-13(17-18)9-1-4-11(15)5-2-9/h1-6,8,18H,7H2. The van der Waals surface area contributed by atoms with Gasteiger partial charge in [0.15, 0.2) is 0 Å². The quantitative estimate of drug-likeness (QED) is 0.525. The van der Waals surface area contributed by atoms with Crippen molar-refractivity contribution in [2.24, 2.45) is 5.16 Å². The summed E-state index contributed by atoms with van der Waals surface area (Å²) in [4.78, 5) is 4.11. The maximum absolute atomic E-state index is 12.8. The Hall–Kier alpha value is -1.94. The molecule has 2 rings (SSSR count). The molecule has 1 aromatic heterocycles. The van der Waals surface area contributed by atoms with Gasteiger partial charge in [-0.15, -0.1) is 0 Å². The highest BCUT2D eigenvalue weighted by Crippen LogP contribution is 2.11.